The lowest BCUT2D eigenvalue weighted by Gasteiger charge is -2.33. The van der Waals surface area contributed by atoms with E-state index in [9.17, 15) is 13.2 Å². The monoisotopic (exact) mass is 456 g/mol. The van der Waals surface area contributed by atoms with Gasteiger partial charge in [-0.1, -0.05) is 13.8 Å². The number of carbonyl (C=O) groups is 1. The van der Waals surface area contributed by atoms with E-state index >= 15 is 0 Å². The third-order valence-electron chi connectivity index (χ3n) is 4.44. The summed E-state index contributed by atoms with van der Waals surface area (Å²) in [4.78, 5) is 16.6. The van der Waals surface area contributed by atoms with Crippen LogP contribution in [0.1, 0.15) is 24.2 Å². The van der Waals surface area contributed by atoms with E-state index in [1.54, 1.807) is 18.0 Å². The van der Waals surface area contributed by atoms with Crippen LogP contribution in [0.3, 0.4) is 0 Å². The highest BCUT2D eigenvalue weighted by atomic mass is 35.5. The molecular formula is C17H30Cl2N4O4S. The molecule has 1 fully saturated rings. The van der Waals surface area contributed by atoms with Crippen LogP contribution in [0.2, 0.25) is 0 Å². The fourth-order valence-corrected chi connectivity index (χ4v) is 3.47. The molecule has 0 aliphatic carbocycles. The lowest BCUT2D eigenvalue weighted by Crippen LogP contribution is -2.41. The van der Waals surface area contributed by atoms with Crippen LogP contribution in [0.15, 0.2) is 23.1 Å². The largest absolute Gasteiger partial charge is 0.378 e. The molecule has 11 heteroatoms. The van der Waals surface area contributed by atoms with E-state index in [0.29, 0.717) is 50.6 Å². The van der Waals surface area contributed by atoms with Crippen LogP contribution in [0.25, 0.3) is 0 Å². The average molecular weight is 457 g/mol. The Labute approximate surface area is 179 Å². The SMILES string of the molecule is CN(CC(C)(C)CN)C(=O)c1cc(S(N)(=O)=O)ccc1N1CCOCC1.Cl.Cl. The molecule has 4 N–H and O–H groups in total. The summed E-state index contributed by atoms with van der Waals surface area (Å²) in [7, 11) is -2.22. The van der Waals surface area contributed by atoms with Crippen molar-refractivity contribution in [2.45, 2.75) is 18.7 Å². The topological polar surface area (TPSA) is 119 Å². The number of hydrogen-bond donors (Lipinski definition) is 2. The normalized spacial score (nSPS) is 14.7. The Morgan fingerprint density at radius 3 is 2.32 bits per heavy atom. The number of amides is 1. The Morgan fingerprint density at radius 2 is 1.82 bits per heavy atom. The van der Waals surface area contributed by atoms with Gasteiger partial charge in [0.15, 0.2) is 0 Å². The molecule has 1 heterocycles. The first kappa shape index (κ1) is 26.9. The van der Waals surface area contributed by atoms with E-state index in [2.05, 4.69) is 0 Å². The predicted octanol–water partition coefficient (Wildman–Crippen LogP) is 1.07. The fourth-order valence-electron chi connectivity index (χ4n) is 2.93. The number of hydrogen-bond acceptors (Lipinski definition) is 6. The third-order valence-corrected chi connectivity index (χ3v) is 5.35. The molecule has 1 amide bonds. The Balaban J connectivity index is 0.00000364. The summed E-state index contributed by atoms with van der Waals surface area (Å²) in [5.41, 5.74) is 6.51. The summed E-state index contributed by atoms with van der Waals surface area (Å²) in [6.45, 7) is 7.20. The van der Waals surface area contributed by atoms with Gasteiger partial charge < -0.3 is 20.3 Å². The van der Waals surface area contributed by atoms with Crippen LogP contribution in [0.5, 0.6) is 0 Å². The standard InChI is InChI=1S/C17H28N4O4S.2ClH/c1-17(2,11-18)12-20(3)16(22)14-10-13(26(19,23)24)4-5-15(14)21-6-8-25-9-7-21;;/h4-5,10H,6-9,11-12,18H2,1-3H3,(H2,19,23,24);2*1H. The predicted molar refractivity (Wildman–Crippen MR) is 115 cm³/mol. The second-order valence-electron chi connectivity index (χ2n) is 7.35. The molecule has 8 nitrogen and oxygen atoms in total. The summed E-state index contributed by atoms with van der Waals surface area (Å²) < 4.78 is 28.8. The molecule has 28 heavy (non-hydrogen) atoms. The smallest absolute Gasteiger partial charge is 0.255 e. The molecule has 0 bridgehead atoms. The first-order valence-corrected chi connectivity index (χ1v) is 10.0. The van der Waals surface area contributed by atoms with Gasteiger partial charge in [0.1, 0.15) is 0 Å². The van der Waals surface area contributed by atoms with E-state index in [0.717, 1.165) is 0 Å². The van der Waals surface area contributed by atoms with Gasteiger partial charge in [0.2, 0.25) is 10.0 Å². The van der Waals surface area contributed by atoms with Crippen molar-refractivity contribution in [3.05, 3.63) is 23.8 Å². The minimum Gasteiger partial charge on any atom is -0.378 e. The molecule has 1 saturated heterocycles. The zero-order chi connectivity index (χ0) is 19.5. The van der Waals surface area contributed by atoms with E-state index in [1.165, 1.54) is 12.1 Å². The van der Waals surface area contributed by atoms with Crippen molar-refractivity contribution < 1.29 is 17.9 Å². The summed E-state index contributed by atoms with van der Waals surface area (Å²) in [5.74, 6) is -0.265. The number of rotatable bonds is 6. The van der Waals surface area contributed by atoms with E-state index < -0.39 is 10.0 Å². The van der Waals surface area contributed by atoms with Crippen molar-refractivity contribution in [3.8, 4) is 0 Å². The molecule has 0 unspecified atom stereocenters. The molecular weight excluding hydrogens is 427 g/mol. The van der Waals surface area contributed by atoms with Gasteiger partial charge in [-0.2, -0.15) is 0 Å². The number of carbonyl (C=O) groups excluding carboxylic acids is 1. The van der Waals surface area contributed by atoms with Gasteiger partial charge in [-0.15, -0.1) is 24.8 Å². The molecule has 162 valence electrons. The van der Waals surface area contributed by atoms with E-state index in [4.69, 9.17) is 15.6 Å². The molecule has 1 aromatic carbocycles. The number of halogens is 2. The molecule has 0 radical (unpaired) electrons. The zero-order valence-corrected chi connectivity index (χ0v) is 18.8. The van der Waals surface area contributed by atoms with Crippen molar-refractivity contribution in [1.29, 1.82) is 0 Å². The first-order valence-electron chi connectivity index (χ1n) is 8.50. The Bertz CT molecular complexity index is 768. The number of ether oxygens (including phenoxy) is 1. The number of nitrogens with zero attached hydrogens (tertiary/aromatic N) is 2. The summed E-state index contributed by atoms with van der Waals surface area (Å²) in [6, 6.07) is 4.43. The molecule has 2 rings (SSSR count). The first-order chi connectivity index (χ1) is 12.0. The minimum absolute atomic E-state index is 0. The Morgan fingerprint density at radius 1 is 1.25 bits per heavy atom. The van der Waals surface area contributed by atoms with Crippen LogP contribution in [0.4, 0.5) is 5.69 Å². The van der Waals surface area contributed by atoms with Crippen molar-refractivity contribution in [2.24, 2.45) is 16.3 Å². The zero-order valence-electron chi connectivity index (χ0n) is 16.4. The number of benzene rings is 1. The minimum atomic E-state index is -3.91. The lowest BCUT2D eigenvalue weighted by atomic mass is 9.93. The van der Waals surface area contributed by atoms with Gasteiger partial charge in [0, 0.05) is 32.4 Å². The molecule has 1 aliphatic rings. The second-order valence-corrected chi connectivity index (χ2v) is 8.91. The number of sulfonamides is 1. The lowest BCUT2D eigenvalue weighted by molar-refractivity contribution is 0.0739. The van der Waals surface area contributed by atoms with Crippen LogP contribution in [-0.2, 0) is 14.8 Å². The Kier molecular flexibility index (Phi) is 10.2. The van der Waals surface area contributed by atoms with Gasteiger partial charge in [-0.25, -0.2) is 13.6 Å². The molecule has 0 saturated carbocycles. The summed E-state index contributed by atoms with van der Waals surface area (Å²) >= 11 is 0. The average Bonchev–Trinajstić information content (AvgIpc) is 2.60. The summed E-state index contributed by atoms with van der Waals surface area (Å²) in [6.07, 6.45) is 0. The van der Waals surface area contributed by atoms with Crippen molar-refractivity contribution >= 4 is 46.4 Å². The highest BCUT2D eigenvalue weighted by Crippen LogP contribution is 2.27. The maximum atomic E-state index is 13.1. The molecule has 0 aromatic heterocycles. The third kappa shape index (κ3) is 6.75. The summed E-state index contributed by atoms with van der Waals surface area (Å²) in [5, 5.41) is 5.25. The van der Waals surface area contributed by atoms with Crippen molar-refractivity contribution in [1.82, 2.24) is 4.90 Å². The van der Waals surface area contributed by atoms with Crippen molar-refractivity contribution in [3.63, 3.8) is 0 Å². The number of morpholine rings is 1. The number of nitrogens with two attached hydrogens (primary N) is 2. The Hall–Kier alpha value is -1.10. The van der Waals surface area contributed by atoms with Crippen LogP contribution in [-0.4, -0.2) is 65.7 Å². The van der Waals surface area contributed by atoms with E-state index in [-0.39, 0.29) is 41.0 Å². The van der Waals surface area contributed by atoms with Gasteiger partial charge in [-0.3, -0.25) is 4.79 Å². The molecule has 0 atom stereocenters. The van der Waals surface area contributed by atoms with Crippen LogP contribution < -0.4 is 15.8 Å². The van der Waals surface area contributed by atoms with Crippen LogP contribution in [0, 0.1) is 5.41 Å². The van der Waals surface area contributed by atoms with Crippen LogP contribution >= 0.6 is 24.8 Å². The number of anilines is 1. The maximum absolute atomic E-state index is 13.1. The molecule has 1 aromatic rings. The fraction of sp³-hybridized carbons (Fsp3) is 0.588. The highest BCUT2D eigenvalue weighted by Gasteiger charge is 2.26. The second kappa shape index (κ2) is 10.6. The highest BCUT2D eigenvalue weighted by molar-refractivity contribution is 7.89. The molecule has 1 aliphatic heterocycles. The van der Waals surface area contributed by atoms with Gasteiger partial charge in [0.05, 0.1) is 23.7 Å². The van der Waals surface area contributed by atoms with E-state index in [1.807, 2.05) is 18.7 Å². The quantitative estimate of drug-likeness (QED) is 0.660. The molecule has 0 spiro atoms. The van der Waals surface area contributed by atoms with Gasteiger partial charge in [0.25, 0.3) is 5.91 Å². The van der Waals surface area contributed by atoms with Gasteiger partial charge >= 0.3 is 0 Å². The van der Waals surface area contributed by atoms with Crippen molar-refractivity contribution in [2.75, 3.05) is 51.3 Å². The number of primary sulfonamides is 1. The maximum Gasteiger partial charge on any atom is 0.255 e. The van der Waals surface area contributed by atoms with Gasteiger partial charge in [-0.05, 0) is 30.2 Å².